The third-order valence-electron chi connectivity index (χ3n) is 4.06. The van der Waals surface area contributed by atoms with Gasteiger partial charge in [0, 0.05) is 35.9 Å². The molecule has 2 aromatic heterocycles. The minimum Gasteiger partial charge on any atom is -0.337 e. The molecule has 0 fully saturated rings. The Morgan fingerprint density at radius 1 is 1.29 bits per heavy atom. The molecule has 0 saturated carbocycles. The number of carbonyl (C=O) groups excluding carboxylic acids is 1. The van der Waals surface area contributed by atoms with E-state index in [1.807, 2.05) is 47.0 Å². The molecule has 5 heteroatoms. The molecule has 1 amide bonds. The first-order valence-electron chi connectivity index (χ1n) is 8.10. The van der Waals surface area contributed by atoms with Crippen molar-refractivity contribution in [1.82, 2.24) is 14.7 Å². The molecule has 1 aromatic carbocycles. The summed E-state index contributed by atoms with van der Waals surface area (Å²) in [7, 11) is 0. The van der Waals surface area contributed by atoms with Crippen molar-refractivity contribution in [3.05, 3.63) is 65.3 Å². The lowest BCUT2D eigenvalue weighted by atomic mass is 10.1. The van der Waals surface area contributed by atoms with Crippen molar-refractivity contribution in [3.8, 4) is 10.4 Å². The number of carbonyl (C=O) groups is 1. The fourth-order valence-corrected chi connectivity index (χ4v) is 3.63. The average Bonchev–Trinajstić information content (AvgIpc) is 3.27. The van der Waals surface area contributed by atoms with Crippen LogP contribution in [0.3, 0.4) is 0 Å². The Morgan fingerprint density at radius 3 is 2.83 bits per heavy atom. The Labute approximate surface area is 146 Å². The molecule has 0 spiro atoms. The van der Waals surface area contributed by atoms with Gasteiger partial charge in [-0.1, -0.05) is 12.1 Å². The third-order valence-corrected chi connectivity index (χ3v) is 5.13. The van der Waals surface area contributed by atoms with Crippen molar-refractivity contribution in [1.29, 1.82) is 0 Å². The highest BCUT2D eigenvalue weighted by Crippen LogP contribution is 2.29. The Hall–Kier alpha value is -2.40. The number of nitrogens with zero attached hydrogens (tertiary/aromatic N) is 3. The molecule has 4 nitrogen and oxygen atoms in total. The van der Waals surface area contributed by atoms with Crippen molar-refractivity contribution in [2.45, 2.75) is 20.4 Å². The zero-order chi connectivity index (χ0) is 16.9. The van der Waals surface area contributed by atoms with Gasteiger partial charge in [-0.2, -0.15) is 5.10 Å². The van der Waals surface area contributed by atoms with E-state index in [-0.39, 0.29) is 5.91 Å². The molecule has 0 radical (unpaired) electrons. The van der Waals surface area contributed by atoms with Crippen LogP contribution in [0.4, 0.5) is 0 Å². The van der Waals surface area contributed by atoms with Crippen LogP contribution in [-0.4, -0.2) is 33.7 Å². The number of likely N-dealkylation sites (N-methyl/N-ethyl adjacent to an activating group) is 1. The van der Waals surface area contributed by atoms with Gasteiger partial charge in [-0.15, -0.1) is 11.3 Å². The normalized spacial score (nSPS) is 10.8. The molecule has 0 bridgehead atoms. The standard InChI is InChI=1S/C19H21N3OS/c1-3-21(11-12-22-10-5-9-20-22)19(23)17-7-4-6-16(14-17)18-15(2)8-13-24-18/h4-10,13-14H,3,11-12H2,1-2H3. The van der Waals surface area contributed by atoms with Crippen LogP contribution in [0.5, 0.6) is 0 Å². The van der Waals surface area contributed by atoms with Crippen LogP contribution in [-0.2, 0) is 6.54 Å². The molecule has 3 aromatic rings. The van der Waals surface area contributed by atoms with Crippen LogP contribution in [0.25, 0.3) is 10.4 Å². The predicted octanol–water partition coefficient (Wildman–Crippen LogP) is 4.08. The fourth-order valence-electron chi connectivity index (χ4n) is 2.70. The Bertz CT molecular complexity index is 808. The number of aromatic nitrogens is 2. The summed E-state index contributed by atoms with van der Waals surface area (Å²) in [5, 5.41) is 6.28. The molecule has 24 heavy (non-hydrogen) atoms. The molecule has 0 atom stereocenters. The first-order valence-corrected chi connectivity index (χ1v) is 8.98. The van der Waals surface area contributed by atoms with Gasteiger partial charge in [0.25, 0.3) is 5.91 Å². The minimum atomic E-state index is 0.0701. The number of amides is 1. The number of aryl methyl sites for hydroxylation is 1. The maximum absolute atomic E-state index is 12.8. The molecule has 0 N–H and O–H groups in total. The van der Waals surface area contributed by atoms with Gasteiger partial charge >= 0.3 is 0 Å². The highest BCUT2D eigenvalue weighted by molar-refractivity contribution is 7.13. The Kier molecular flexibility index (Phi) is 5.11. The third kappa shape index (κ3) is 3.57. The van der Waals surface area contributed by atoms with Crippen LogP contribution in [0.1, 0.15) is 22.8 Å². The molecule has 0 saturated heterocycles. The number of benzene rings is 1. The van der Waals surface area contributed by atoms with Crippen LogP contribution < -0.4 is 0 Å². The molecule has 2 heterocycles. The van der Waals surface area contributed by atoms with Crippen LogP contribution >= 0.6 is 11.3 Å². The summed E-state index contributed by atoms with van der Waals surface area (Å²) >= 11 is 1.71. The molecular weight excluding hydrogens is 318 g/mol. The molecular formula is C19H21N3OS. The molecule has 124 valence electrons. The number of rotatable bonds is 6. The first-order chi connectivity index (χ1) is 11.7. The topological polar surface area (TPSA) is 38.1 Å². The molecule has 0 aliphatic heterocycles. The summed E-state index contributed by atoms with van der Waals surface area (Å²) < 4.78 is 1.85. The van der Waals surface area contributed by atoms with Crippen molar-refractivity contribution in [2.24, 2.45) is 0 Å². The van der Waals surface area contributed by atoms with E-state index in [4.69, 9.17) is 0 Å². The van der Waals surface area contributed by atoms with Gasteiger partial charge < -0.3 is 4.90 Å². The average molecular weight is 339 g/mol. The minimum absolute atomic E-state index is 0.0701. The highest BCUT2D eigenvalue weighted by Gasteiger charge is 2.15. The van der Waals surface area contributed by atoms with Crippen molar-refractivity contribution < 1.29 is 4.79 Å². The second kappa shape index (κ2) is 7.45. The fraction of sp³-hybridized carbons (Fsp3) is 0.263. The SMILES string of the molecule is CCN(CCn1cccn1)C(=O)c1cccc(-c2sccc2C)c1. The summed E-state index contributed by atoms with van der Waals surface area (Å²) in [6, 6.07) is 11.9. The van der Waals surface area contributed by atoms with E-state index < -0.39 is 0 Å². The van der Waals surface area contributed by atoms with Gasteiger partial charge in [-0.05, 0) is 54.6 Å². The monoisotopic (exact) mass is 339 g/mol. The Morgan fingerprint density at radius 2 is 2.17 bits per heavy atom. The van der Waals surface area contributed by atoms with Gasteiger partial charge in [0.15, 0.2) is 0 Å². The largest absolute Gasteiger partial charge is 0.337 e. The van der Waals surface area contributed by atoms with E-state index in [0.29, 0.717) is 19.6 Å². The summed E-state index contributed by atoms with van der Waals surface area (Å²) in [4.78, 5) is 15.9. The number of hydrogen-bond donors (Lipinski definition) is 0. The summed E-state index contributed by atoms with van der Waals surface area (Å²) in [6.45, 7) is 6.15. The van der Waals surface area contributed by atoms with E-state index in [2.05, 4.69) is 29.5 Å². The second-order valence-corrected chi connectivity index (χ2v) is 6.58. The smallest absolute Gasteiger partial charge is 0.253 e. The van der Waals surface area contributed by atoms with Crippen molar-refractivity contribution in [3.63, 3.8) is 0 Å². The van der Waals surface area contributed by atoms with E-state index in [9.17, 15) is 4.79 Å². The van der Waals surface area contributed by atoms with E-state index in [1.54, 1.807) is 17.5 Å². The van der Waals surface area contributed by atoms with Gasteiger partial charge in [-0.25, -0.2) is 0 Å². The molecule has 0 unspecified atom stereocenters. The lowest BCUT2D eigenvalue weighted by Gasteiger charge is -2.21. The highest BCUT2D eigenvalue weighted by atomic mass is 32.1. The van der Waals surface area contributed by atoms with E-state index >= 15 is 0 Å². The number of hydrogen-bond acceptors (Lipinski definition) is 3. The molecule has 3 rings (SSSR count). The maximum Gasteiger partial charge on any atom is 0.253 e. The second-order valence-electron chi connectivity index (χ2n) is 5.67. The van der Waals surface area contributed by atoms with Crippen molar-refractivity contribution in [2.75, 3.05) is 13.1 Å². The maximum atomic E-state index is 12.8. The van der Waals surface area contributed by atoms with Crippen LogP contribution in [0, 0.1) is 6.92 Å². The zero-order valence-corrected chi connectivity index (χ0v) is 14.8. The lowest BCUT2D eigenvalue weighted by molar-refractivity contribution is 0.0757. The van der Waals surface area contributed by atoms with E-state index in [0.717, 1.165) is 11.1 Å². The number of thiophene rings is 1. The summed E-state index contributed by atoms with van der Waals surface area (Å²) in [5.74, 6) is 0.0701. The van der Waals surface area contributed by atoms with Gasteiger partial charge in [0.2, 0.25) is 0 Å². The predicted molar refractivity (Wildman–Crippen MR) is 98.3 cm³/mol. The summed E-state index contributed by atoms with van der Waals surface area (Å²) in [5.41, 5.74) is 3.09. The quantitative estimate of drug-likeness (QED) is 0.678. The summed E-state index contributed by atoms with van der Waals surface area (Å²) in [6.07, 6.45) is 3.67. The van der Waals surface area contributed by atoms with Gasteiger partial charge in [0.1, 0.15) is 0 Å². The van der Waals surface area contributed by atoms with Gasteiger partial charge in [0.05, 0.1) is 6.54 Å². The molecule has 0 aliphatic rings. The lowest BCUT2D eigenvalue weighted by Crippen LogP contribution is -2.33. The van der Waals surface area contributed by atoms with Crippen molar-refractivity contribution >= 4 is 17.2 Å². The first kappa shape index (κ1) is 16.5. The molecule has 0 aliphatic carbocycles. The Balaban J connectivity index is 1.77. The zero-order valence-electron chi connectivity index (χ0n) is 14.0. The van der Waals surface area contributed by atoms with Crippen LogP contribution in [0.15, 0.2) is 54.2 Å². The van der Waals surface area contributed by atoms with Gasteiger partial charge in [-0.3, -0.25) is 9.48 Å². The van der Waals surface area contributed by atoms with E-state index in [1.165, 1.54) is 10.4 Å². The van der Waals surface area contributed by atoms with Crippen LogP contribution in [0.2, 0.25) is 0 Å².